The third-order valence-electron chi connectivity index (χ3n) is 1.64. The van der Waals surface area contributed by atoms with Gasteiger partial charge in [0, 0.05) is 0 Å². The van der Waals surface area contributed by atoms with Crippen molar-refractivity contribution in [3.05, 3.63) is 0 Å². The average Bonchev–Trinajstić information content (AvgIpc) is 1.84. The molecule has 0 bridgehead atoms. The van der Waals surface area contributed by atoms with Crippen molar-refractivity contribution in [2.75, 3.05) is 0 Å². The molecule has 2 nitrogen and oxygen atoms in total. The van der Waals surface area contributed by atoms with Gasteiger partial charge in [0.15, 0.2) is 0 Å². The standard InChI is InChI=1S/C7H17AsO2/c1-4-5-6-8(9,10)7(2)3/h7H,4-6H2,1-3H3,(H,9,10). The predicted octanol–water partition coefficient (Wildman–Crippen LogP) is 2.06. The van der Waals surface area contributed by atoms with Crippen LogP contribution in [-0.4, -0.2) is 17.9 Å². The van der Waals surface area contributed by atoms with Gasteiger partial charge >= 0.3 is 65.2 Å². The zero-order valence-corrected chi connectivity index (χ0v) is 8.88. The van der Waals surface area contributed by atoms with E-state index in [9.17, 15) is 7.84 Å². The molecule has 0 saturated heterocycles. The fourth-order valence-corrected chi connectivity index (χ4v) is 3.34. The molecule has 0 fully saturated rings. The van der Waals surface area contributed by atoms with Crippen LogP contribution in [0.15, 0.2) is 0 Å². The molecular formula is C7H17AsO2. The van der Waals surface area contributed by atoms with Crippen LogP contribution in [0.5, 0.6) is 0 Å². The topological polar surface area (TPSA) is 37.3 Å². The number of hydrogen-bond acceptors (Lipinski definition) is 1. The van der Waals surface area contributed by atoms with E-state index in [-0.39, 0.29) is 4.71 Å². The first kappa shape index (κ1) is 10.3. The van der Waals surface area contributed by atoms with Crippen LogP contribution in [0, 0.1) is 0 Å². The summed E-state index contributed by atoms with van der Waals surface area (Å²) >= 11 is -3.37. The molecule has 0 saturated carbocycles. The Morgan fingerprint density at radius 3 is 2.30 bits per heavy atom. The van der Waals surface area contributed by atoms with Crippen molar-refractivity contribution in [3.8, 4) is 0 Å². The quantitative estimate of drug-likeness (QED) is 0.718. The van der Waals surface area contributed by atoms with E-state index >= 15 is 0 Å². The Morgan fingerprint density at radius 1 is 1.50 bits per heavy atom. The Morgan fingerprint density at radius 2 is 2.00 bits per heavy atom. The van der Waals surface area contributed by atoms with Crippen molar-refractivity contribution < 1.29 is 7.84 Å². The maximum absolute atomic E-state index is 11.3. The van der Waals surface area contributed by atoms with Crippen molar-refractivity contribution >= 4 is 13.8 Å². The van der Waals surface area contributed by atoms with Gasteiger partial charge in [0.25, 0.3) is 0 Å². The second-order valence-corrected chi connectivity index (χ2v) is 9.20. The Labute approximate surface area is 65.7 Å². The minimum atomic E-state index is -3.37. The summed E-state index contributed by atoms with van der Waals surface area (Å²) in [6.07, 6.45) is 1.91. The van der Waals surface area contributed by atoms with Gasteiger partial charge in [-0.05, 0) is 0 Å². The maximum atomic E-state index is 11.3. The summed E-state index contributed by atoms with van der Waals surface area (Å²) in [6, 6.07) is 0. The summed E-state index contributed by atoms with van der Waals surface area (Å²) in [7, 11) is 0. The van der Waals surface area contributed by atoms with Gasteiger partial charge in [-0.15, -0.1) is 0 Å². The Kier molecular flexibility index (Phi) is 4.38. The first-order valence-electron chi connectivity index (χ1n) is 3.82. The molecular weight excluding hydrogens is 191 g/mol. The third-order valence-corrected chi connectivity index (χ3v) is 7.03. The molecule has 0 aliphatic heterocycles. The summed E-state index contributed by atoms with van der Waals surface area (Å²) in [5, 5.41) is 0.548. The van der Waals surface area contributed by atoms with E-state index in [0.29, 0.717) is 5.21 Å². The molecule has 0 aromatic rings. The monoisotopic (exact) mass is 208 g/mol. The fraction of sp³-hybridized carbons (Fsp3) is 1.00. The molecule has 0 aliphatic carbocycles. The SMILES string of the molecule is CCCC[As](=O)(O)C(C)C. The van der Waals surface area contributed by atoms with E-state index in [2.05, 4.69) is 0 Å². The van der Waals surface area contributed by atoms with Crippen LogP contribution in [0.25, 0.3) is 0 Å². The van der Waals surface area contributed by atoms with Gasteiger partial charge < -0.3 is 0 Å². The fourth-order valence-electron chi connectivity index (χ4n) is 0.643. The number of unbranched alkanes of at least 4 members (excludes halogenated alkanes) is 1. The summed E-state index contributed by atoms with van der Waals surface area (Å²) in [6.45, 7) is 5.70. The van der Waals surface area contributed by atoms with Gasteiger partial charge in [-0.3, -0.25) is 0 Å². The van der Waals surface area contributed by atoms with Gasteiger partial charge in [0.1, 0.15) is 0 Å². The molecule has 0 aliphatic rings. The molecule has 62 valence electrons. The molecule has 10 heavy (non-hydrogen) atoms. The molecule has 0 heterocycles. The summed E-state index contributed by atoms with van der Waals surface area (Å²) in [5.74, 6) is 0. The molecule has 0 amide bonds. The van der Waals surface area contributed by atoms with Gasteiger partial charge in [-0.25, -0.2) is 0 Å². The molecule has 3 heteroatoms. The van der Waals surface area contributed by atoms with Crippen LogP contribution in [0.2, 0.25) is 9.91 Å². The van der Waals surface area contributed by atoms with Crippen LogP contribution in [0.1, 0.15) is 33.6 Å². The minimum absolute atomic E-state index is 0.00956. The van der Waals surface area contributed by atoms with E-state index in [1.165, 1.54) is 0 Å². The van der Waals surface area contributed by atoms with E-state index in [0.717, 1.165) is 12.8 Å². The molecule has 0 aromatic heterocycles. The zero-order chi connectivity index (χ0) is 8.20. The summed E-state index contributed by atoms with van der Waals surface area (Å²) in [5.41, 5.74) is 0. The molecule has 0 rings (SSSR count). The Hall–Kier alpha value is 0.318. The zero-order valence-electron chi connectivity index (χ0n) is 7.00. The molecule has 0 spiro atoms. The Bertz CT molecular complexity index is 132. The first-order valence-corrected chi connectivity index (χ1v) is 7.83. The second kappa shape index (κ2) is 4.25. The van der Waals surface area contributed by atoms with Crippen molar-refractivity contribution in [2.45, 2.75) is 43.5 Å². The normalized spacial score (nSPS) is 17.3. The van der Waals surface area contributed by atoms with Crippen molar-refractivity contribution in [3.63, 3.8) is 0 Å². The number of hydrogen-bond donors (Lipinski definition) is 1. The van der Waals surface area contributed by atoms with E-state index in [1.54, 1.807) is 0 Å². The van der Waals surface area contributed by atoms with Gasteiger partial charge in [0.05, 0.1) is 0 Å². The first-order chi connectivity index (χ1) is 4.50. The van der Waals surface area contributed by atoms with Gasteiger partial charge in [0.2, 0.25) is 0 Å². The molecule has 1 atom stereocenters. The molecule has 1 unspecified atom stereocenters. The summed E-state index contributed by atoms with van der Waals surface area (Å²) < 4.78 is 20.6. The van der Waals surface area contributed by atoms with E-state index in [1.807, 2.05) is 20.8 Å². The van der Waals surface area contributed by atoms with Gasteiger partial charge in [-0.2, -0.15) is 0 Å². The van der Waals surface area contributed by atoms with Crippen LogP contribution in [0.3, 0.4) is 0 Å². The van der Waals surface area contributed by atoms with Crippen LogP contribution in [-0.2, 0) is 3.74 Å². The average molecular weight is 208 g/mol. The van der Waals surface area contributed by atoms with Crippen LogP contribution in [0.4, 0.5) is 0 Å². The number of rotatable bonds is 4. The van der Waals surface area contributed by atoms with Crippen LogP contribution < -0.4 is 0 Å². The molecule has 1 N–H and O–H groups in total. The summed E-state index contributed by atoms with van der Waals surface area (Å²) in [4.78, 5) is 0. The van der Waals surface area contributed by atoms with Gasteiger partial charge in [-0.1, -0.05) is 0 Å². The second-order valence-electron chi connectivity index (χ2n) is 2.93. The van der Waals surface area contributed by atoms with E-state index in [4.69, 9.17) is 0 Å². The van der Waals surface area contributed by atoms with Crippen LogP contribution >= 0.6 is 0 Å². The molecule has 0 radical (unpaired) electrons. The van der Waals surface area contributed by atoms with Crippen molar-refractivity contribution in [2.24, 2.45) is 0 Å². The van der Waals surface area contributed by atoms with Crippen molar-refractivity contribution in [1.29, 1.82) is 0 Å². The third kappa shape index (κ3) is 3.48. The Balaban J connectivity index is 3.76. The van der Waals surface area contributed by atoms with Crippen molar-refractivity contribution in [1.82, 2.24) is 0 Å². The van der Waals surface area contributed by atoms with E-state index < -0.39 is 13.8 Å². The predicted molar refractivity (Wildman–Crippen MR) is 43.5 cm³/mol. The molecule has 0 aromatic carbocycles.